The molecule has 0 atom stereocenters. The minimum absolute atomic E-state index is 0.0748. The molecule has 0 spiro atoms. The van der Waals surface area contributed by atoms with Gasteiger partial charge < -0.3 is 9.47 Å². The number of carbonyl (C=O) groups excluding carboxylic acids is 1. The lowest BCUT2D eigenvalue weighted by Gasteiger charge is -2.35. The Hall–Kier alpha value is -2.88. The van der Waals surface area contributed by atoms with Gasteiger partial charge in [-0.05, 0) is 44.0 Å². The Balaban J connectivity index is 1.75. The fraction of sp³-hybridized carbons (Fsp3) is 0.273. The standard InChI is InChI=1S/C22H23N3O/c1-15-14-25(20(26)19(15)16-10-6-5-7-11-16)22(2,3)21-23-17-12-8-9-13-18(17)24(21)4/h5-13H,14H2,1-4H3. The number of fused-ring (bicyclic) bond motifs is 1. The second-order valence-corrected chi connectivity index (χ2v) is 7.45. The smallest absolute Gasteiger partial charge is 0.255 e. The van der Waals surface area contributed by atoms with Crippen molar-refractivity contribution in [2.45, 2.75) is 26.3 Å². The van der Waals surface area contributed by atoms with E-state index in [1.165, 1.54) is 0 Å². The summed E-state index contributed by atoms with van der Waals surface area (Å²) in [4.78, 5) is 20.1. The van der Waals surface area contributed by atoms with E-state index >= 15 is 0 Å². The summed E-state index contributed by atoms with van der Waals surface area (Å²) in [6.07, 6.45) is 0. The SMILES string of the molecule is CC1=C(c2ccccc2)C(=O)N(C(C)(C)c2nc3ccccc3n2C)C1. The Morgan fingerprint density at radius 1 is 1.00 bits per heavy atom. The summed E-state index contributed by atoms with van der Waals surface area (Å²) in [5, 5.41) is 0. The molecule has 4 nitrogen and oxygen atoms in total. The highest BCUT2D eigenvalue weighted by molar-refractivity contribution is 6.22. The second-order valence-electron chi connectivity index (χ2n) is 7.45. The number of para-hydroxylation sites is 2. The molecule has 0 aliphatic carbocycles. The first-order valence-corrected chi connectivity index (χ1v) is 8.90. The Morgan fingerprint density at radius 3 is 2.35 bits per heavy atom. The predicted molar refractivity (Wildman–Crippen MR) is 104 cm³/mol. The van der Waals surface area contributed by atoms with Crippen molar-refractivity contribution in [1.29, 1.82) is 0 Å². The monoisotopic (exact) mass is 345 g/mol. The quantitative estimate of drug-likeness (QED) is 0.716. The van der Waals surface area contributed by atoms with Crippen LogP contribution in [0.15, 0.2) is 60.2 Å². The molecule has 4 heteroatoms. The van der Waals surface area contributed by atoms with Gasteiger partial charge in [-0.25, -0.2) is 4.98 Å². The zero-order valence-corrected chi connectivity index (χ0v) is 15.7. The molecule has 1 aliphatic heterocycles. The number of carbonyl (C=O) groups is 1. The Kier molecular flexibility index (Phi) is 3.72. The van der Waals surface area contributed by atoms with Gasteiger partial charge in [0.05, 0.1) is 16.6 Å². The third-order valence-electron chi connectivity index (χ3n) is 5.35. The van der Waals surface area contributed by atoms with Gasteiger partial charge in [-0.1, -0.05) is 42.5 Å². The highest BCUT2D eigenvalue weighted by Crippen LogP contribution is 2.37. The van der Waals surface area contributed by atoms with Crippen molar-refractivity contribution < 1.29 is 4.79 Å². The van der Waals surface area contributed by atoms with Gasteiger partial charge in [0.25, 0.3) is 5.91 Å². The van der Waals surface area contributed by atoms with E-state index in [9.17, 15) is 4.79 Å². The van der Waals surface area contributed by atoms with E-state index < -0.39 is 5.54 Å². The van der Waals surface area contributed by atoms with E-state index in [-0.39, 0.29) is 5.91 Å². The van der Waals surface area contributed by atoms with E-state index in [2.05, 4.69) is 24.5 Å². The highest BCUT2D eigenvalue weighted by Gasteiger charge is 2.41. The number of hydrogen-bond acceptors (Lipinski definition) is 2. The molecule has 132 valence electrons. The number of rotatable bonds is 3. The molecule has 1 aliphatic rings. The normalized spacial score (nSPS) is 15.4. The highest BCUT2D eigenvalue weighted by atomic mass is 16.2. The third-order valence-corrected chi connectivity index (χ3v) is 5.35. The van der Waals surface area contributed by atoms with Crippen LogP contribution >= 0.6 is 0 Å². The van der Waals surface area contributed by atoms with Gasteiger partial charge in [-0.3, -0.25) is 4.79 Å². The summed E-state index contributed by atoms with van der Waals surface area (Å²) in [6, 6.07) is 18.0. The number of amides is 1. The molecule has 4 rings (SSSR count). The van der Waals surface area contributed by atoms with Crippen LogP contribution in [0, 0.1) is 0 Å². The predicted octanol–water partition coefficient (Wildman–Crippen LogP) is 4.12. The molecule has 0 radical (unpaired) electrons. The van der Waals surface area contributed by atoms with Crippen molar-refractivity contribution in [3.05, 3.63) is 71.6 Å². The average Bonchev–Trinajstić information content (AvgIpc) is 3.14. The van der Waals surface area contributed by atoms with E-state index in [0.717, 1.165) is 33.6 Å². The fourth-order valence-corrected chi connectivity index (χ4v) is 3.95. The molecule has 1 aromatic heterocycles. The zero-order chi connectivity index (χ0) is 18.5. The number of aryl methyl sites for hydroxylation is 1. The molecule has 26 heavy (non-hydrogen) atoms. The minimum Gasteiger partial charge on any atom is -0.329 e. The van der Waals surface area contributed by atoms with Crippen LogP contribution in [-0.2, 0) is 17.4 Å². The van der Waals surface area contributed by atoms with Crippen molar-refractivity contribution in [1.82, 2.24) is 14.5 Å². The van der Waals surface area contributed by atoms with Crippen molar-refractivity contribution in [3.63, 3.8) is 0 Å². The number of benzene rings is 2. The molecule has 0 saturated carbocycles. The van der Waals surface area contributed by atoms with Crippen molar-refractivity contribution >= 4 is 22.5 Å². The Morgan fingerprint density at radius 2 is 1.65 bits per heavy atom. The van der Waals surface area contributed by atoms with Crippen LogP contribution in [0.2, 0.25) is 0 Å². The van der Waals surface area contributed by atoms with Gasteiger partial charge in [0.1, 0.15) is 5.82 Å². The maximum atomic E-state index is 13.3. The first-order valence-electron chi connectivity index (χ1n) is 8.90. The van der Waals surface area contributed by atoms with Crippen LogP contribution in [0.25, 0.3) is 16.6 Å². The molecule has 0 fully saturated rings. The summed E-state index contributed by atoms with van der Waals surface area (Å²) in [6.45, 7) is 6.82. The first-order chi connectivity index (χ1) is 12.4. The molecule has 0 bridgehead atoms. The number of nitrogens with zero attached hydrogens (tertiary/aromatic N) is 3. The van der Waals surface area contributed by atoms with Crippen LogP contribution < -0.4 is 0 Å². The summed E-state index contributed by atoms with van der Waals surface area (Å²) in [7, 11) is 2.02. The Labute approximate surface area is 153 Å². The molecule has 2 heterocycles. The number of aromatic nitrogens is 2. The molecular formula is C22H23N3O. The molecule has 0 unspecified atom stereocenters. The second kappa shape index (κ2) is 5.84. The molecular weight excluding hydrogens is 322 g/mol. The zero-order valence-electron chi connectivity index (χ0n) is 15.7. The van der Waals surface area contributed by atoms with E-state index in [1.54, 1.807) is 0 Å². The number of imidazole rings is 1. The third kappa shape index (κ3) is 2.37. The molecule has 3 aromatic rings. The lowest BCUT2D eigenvalue weighted by atomic mass is 10.0. The largest absolute Gasteiger partial charge is 0.329 e. The summed E-state index contributed by atoms with van der Waals surface area (Å²) in [5.74, 6) is 0.972. The van der Waals surface area contributed by atoms with Gasteiger partial charge in [0, 0.05) is 19.2 Å². The average molecular weight is 345 g/mol. The summed E-state index contributed by atoms with van der Waals surface area (Å²) >= 11 is 0. The van der Waals surface area contributed by atoms with Gasteiger partial charge in [-0.2, -0.15) is 0 Å². The van der Waals surface area contributed by atoms with E-state index in [1.807, 2.05) is 67.4 Å². The van der Waals surface area contributed by atoms with Crippen LogP contribution in [-0.4, -0.2) is 26.9 Å². The number of hydrogen-bond donors (Lipinski definition) is 0. The van der Waals surface area contributed by atoms with Gasteiger partial charge in [-0.15, -0.1) is 0 Å². The van der Waals surface area contributed by atoms with Crippen LogP contribution in [0.1, 0.15) is 32.2 Å². The van der Waals surface area contributed by atoms with Gasteiger partial charge >= 0.3 is 0 Å². The Bertz CT molecular complexity index is 1030. The van der Waals surface area contributed by atoms with Gasteiger partial charge in [0.15, 0.2) is 0 Å². The van der Waals surface area contributed by atoms with E-state index in [4.69, 9.17) is 4.98 Å². The van der Waals surface area contributed by atoms with Crippen LogP contribution in [0.5, 0.6) is 0 Å². The summed E-state index contributed by atoms with van der Waals surface area (Å²) < 4.78 is 2.10. The van der Waals surface area contributed by atoms with Gasteiger partial charge in [0.2, 0.25) is 0 Å². The first kappa shape index (κ1) is 16.6. The van der Waals surface area contributed by atoms with Crippen LogP contribution in [0.3, 0.4) is 0 Å². The molecule has 2 aromatic carbocycles. The van der Waals surface area contributed by atoms with Crippen molar-refractivity contribution in [3.8, 4) is 0 Å². The lowest BCUT2D eigenvalue weighted by Crippen LogP contribution is -2.45. The maximum absolute atomic E-state index is 13.3. The van der Waals surface area contributed by atoms with Crippen LogP contribution in [0.4, 0.5) is 0 Å². The minimum atomic E-state index is -0.511. The molecule has 0 saturated heterocycles. The van der Waals surface area contributed by atoms with Crippen molar-refractivity contribution in [2.24, 2.45) is 7.05 Å². The molecule has 1 amide bonds. The maximum Gasteiger partial charge on any atom is 0.255 e. The van der Waals surface area contributed by atoms with E-state index in [0.29, 0.717) is 6.54 Å². The summed E-state index contributed by atoms with van der Waals surface area (Å²) in [5.41, 5.74) is 4.43. The topological polar surface area (TPSA) is 38.1 Å². The fourth-order valence-electron chi connectivity index (χ4n) is 3.95. The molecule has 0 N–H and O–H groups in total. The van der Waals surface area contributed by atoms with Crippen molar-refractivity contribution in [2.75, 3.05) is 6.54 Å². The lowest BCUT2D eigenvalue weighted by molar-refractivity contribution is -0.128.